The van der Waals surface area contributed by atoms with Crippen molar-refractivity contribution in [3.05, 3.63) is 71.0 Å². The largest absolute Gasteiger partial charge is 0.299 e. The van der Waals surface area contributed by atoms with E-state index in [1.165, 1.54) is 11.1 Å². The number of hydrogen-bond acceptors (Lipinski definition) is 2. The molecular weight excluding hydrogens is 270 g/mol. The summed E-state index contributed by atoms with van der Waals surface area (Å²) in [6, 6.07) is 8.34. The summed E-state index contributed by atoms with van der Waals surface area (Å²) in [6.07, 6.45) is 10.7. The highest BCUT2D eigenvalue weighted by Crippen LogP contribution is 2.29. The molecule has 2 aliphatic rings. The lowest BCUT2D eigenvalue weighted by atomic mass is 9.93. The van der Waals surface area contributed by atoms with Crippen molar-refractivity contribution in [3.63, 3.8) is 0 Å². The molecule has 0 aromatic heterocycles. The third-order valence-electron chi connectivity index (χ3n) is 4.26. The van der Waals surface area contributed by atoms with Crippen molar-refractivity contribution in [3.8, 4) is 0 Å². The molecule has 3 rings (SSSR count). The SMILES string of the molecule is CCC(=O)Cc1ccc(CC2=CC3C=CC=C3C(C)=N2)cc1. The van der Waals surface area contributed by atoms with Crippen LogP contribution >= 0.6 is 0 Å². The van der Waals surface area contributed by atoms with E-state index < -0.39 is 0 Å². The summed E-state index contributed by atoms with van der Waals surface area (Å²) in [6.45, 7) is 3.99. The number of benzene rings is 1. The minimum Gasteiger partial charge on any atom is -0.299 e. The Morgan fingerprint density at radius 1 is 1.18 bits per heavy atom. The number of aliphatic imine (C=N–C) groups is 1. The quantitative estimate of drug-likeness (QED) is 0.798. The molecule has 1 heterocycles. The van der Waals surface area contributed by atoms with E-state index >= 15 is 0 Å². The number of hydrogen-bond donors (Lipinski definition) is 0. The first-order valence-electron chi connectivity index (χ1n) is 7.90. The summed E-state index contributed by atoms with van der Waals surface area (Å²) >= 11 is 0. The fraction of sp³-hybridized carbons (Fsp3) is 0.300. The second-order valence-corrected chi connectivity index (χ2v) is 5.95. The Kier molecular flexibility index (Phi) is 4.19. The number of nitrogens with zero attached hydrogens (tertiary/aromatic N) is 1. The summed E-state index contributed by atoms with van der Waals surface area (Å²) in [7, 11) is 0. The summed E-state index contributed by atoms with van der Waals surface area (Å²) in [5, 5.41) is 0. The minimum absolute atomic E-state index is 0.287. The number of carbonyl (C=O) groups excluding carboxylic acids is 1. The smallest absolute Gasteiger partial charge is 0.136 e. The van der Waals surface area contributed by atoms with Gasteiger partial charge in [-0.25, -0.2) is 0 Å². The summed E-state index contributed by atoms with van der Waals surface area (Å²) in [5.74, 6) is 0.684. The van der Waals surface area contributed by atoms with E-state index in [1.807, 2.05) is 6.92 Å². The molecule has 1 aromatic rings. The molecule has 1 aliphatic heterocycles. The van der Waals surface area contributed by atoms with Crippen LogP contribution < -0.4 is 0 Å². The maximum absolute atomic E-state index is 11.5. The number of Topliss-reactive ketones (excluding diaryl/α,β-unsaturated/α-hetero) is 1. The maximum Gasteiger partial charge on any atom is 0.136 e. The van der Waals surface area contributed by atoms with Crippen LogP contribution in [0.3, 0.4) is 0 Å². The molecule has 0 saturated carbocycles. The molecule has 1 aliphatic carbocycles. The molecule has 0 amide bonds. The molecule has 112 valence electrons. The van der Waals surface area contributed by atoms with Gasteiger partial charge in [-0.1, -0.05) is 55.5 Å². The Balaban J connectivity index is 1.70. The van der Waals surface area contributed by atoms with Gasteiger partial charge in [0.25, 0.3) is 0 Å². The van der Waals surface area contributed by atoms with Crippen LogP contribution in [-0.4, -0.2) is 11.5 Å². The molecule has 1 aromatic carbocycles. The summed E-state index contributed by atoms with van der Waals surface area (Å²) < 4.78 is 0. The lowest BCUT2D eigenvalue weighted by Crippen LogP contribution is -2.11. The van der Waals surface area contributed by atoms with Crippen molar-refractivity contribution in [2.75, 3.05) is 0 Å². The molecule has 22 heavy (non-hydrogen) atoms. The average molecular weight is 291 g/mol. The van der Waals surface area contributed by atoms with E-state index in [4.69, 9.17) is 4.99 Å². The van der Waals surface area contributed by atoms with Crippen LogP contribution in [0.1, 0.15) is 31.4 Å². The third-order valence-corrected chi connectivity index (χ3v) is 4.26. The van der Waals surface area contributed by atoms with Gasteiger partial charge in [0.2, 0.25) is 0 Å². The van der Waals surface area contributed by atoms with Crippen LogP contribution in [0.25, 0.3) is 0 Å². The van der Waals surface area contributed by atoms with E-state index in [1.54, 1.807) is 0 Å². The molecule has 0 fully saturated rings. The van der Waals surface area contributed by atoms with E-state index in [0.29, 0.717) is 18.8 Å². The van der Waals surface area contributed by atoms with Gasteiger partial charge in [-0.2, -0.15) is 0 Å². The number of fused-ring (bicyclic) bond motifs is 1. The zero-order valence-electron chi connectivity index (χ0n) is 13.2. The predicted octanol–water partition coefficient (Wildman–Crippen LogP) is 4.22. The van der Waals surface area contributed by atoms with Gasteiger partial charge in [-0.15, -0.1) is 0 Å². The summed E-state index contributed by atoms with van der Waals surface area (Å²) in [4.78, 5) is 16.2. The van der Waals surface area contributed by atoms with Gasteiger partial charge in [0.15, 0.2) is 0 Å². The molecular formula is C20H21NO. The first-order valence-corrected chi connectivity index (χ1v) is 7.90. The van der Waals surface area contributed by atoms with Crippen LogP contribution in [0.5, 0.6) is 0 Å². The Bertz CT molecular complexity index is 702. The van der Waals surface area contributed by atoms with Gasteiger partial charge < -0.3 is 0 Å². The standard InChI is InChI=1S/C20H21NO/c1-3-19(22)12-16-9-7-15(8-10-16)11-18-13-17-5-4-6-20(17)14(2)21-18/h4-10,13,17H,3,11-12H2,1-2H3. The molecule has 0 radical (unpaired) electrons. The topological polar surface area (TPSA) is 29.4 Å². The van der Waals surface area contributed by atoms with Crippen molar-refractivity contribution in [2.45, 2.75) is 33.1 Å². The van der Waals surface area contributed by atoms with Gasteiger partial charge >= 0.3 is 0 Å². The molecule has 2 nitrogen and oxygen atoms in total. The van der Waals surface area contributed by atoms with Crippen LogP contribution in [0.15, 0.2) is 64.8 Å². The first kappa shape index (κ1) is 14.7. The monoisotopic (exact) mass is 291 g/mol. The van der Waals surface area contributed by atoms with E-state index in [-0.39, 0.29) is 5.78 Å². The number of carbonyl (C=O) groups is 1. The lowest BCUT2D eigenvalue weighted by Gasteiger charge is -2.17. The molecule has 0 saturated heterocycles. The zero-order valence-corrected chi connectivity index (χ0v) is 13.2. The van der Waals surface area contributed by atoms with Crippen LogP contribution in [0.4, 0.5) is 0 Å². The third kappa shape index (κ3) is 3.16. The number of rotatable bonds is 5. The maximum atomic E-state index is 11.5. The Labute approximate surface area is 132 Å². The van der Waals surface area contributed by atoms with Gasteiger partial charge in [-0.3, -0.25) is 9.79 Å². The van der Waals surface area contributed by atoms with E-state index in [0.717, 1.165) is 23.4 Å². The Hall–Kier alpha value is -2.22. The van der Waals surface area contributed by atoms with Crippen molar-refractivity contribution in [2.24, 2.45) is 10.9 Å². The second-order valence-electron chi connectivity index (χ2n) is 5.95. The molecule has 1 unspecified atom stereocenters. The van der Waals surface area contributed by atoms with Crippen LogP contribution in [0, 0.1) is 5.92 Å². The van der Waals surface area contributed by atoms with E-state index in [9.17, 15) is 4.79 Å². The fourth-order valence-electron chi connectivity index (χ4n) is 2.96. The fourth-order valence-corrected chi connectivity index (χ4v) is 2.96. The molecule has 0 spiro atoms. The van der Waals surface area contributed by atoms with Crippen molar-refractivity contribution < 1.29 is 4.79 Å². The number of allylic oxidation sites excluding steroid dienone is 6. The zero-order chi connectivity index (χ0) is 15.5. The minimum atomic E-state index is 0.287. The second kappa shape index (κ2) is 6.27. The van der Waals surface area contributed by atoms with Crippen LogP contribution in [-0.2, 0) is 17.6 Å². The molecule has 1 atom stereocenters. The molecule has 0 bridgehead atoms. The Morgan fingerprint density at radius 3 is 2.64 bits per heavy atom. The first-order chi connectivity index (χ1) is 10.7. The highest BCUT2D eigenvalue weighted by atomic mass is 16.1. The summed E-state index contributed by atoms with van der Waals surface area (Å²) in [5.41, 5.74) is 5.90. The van der Waals surface area contributed by atoms with Gasteiger partial charge in [-0.05, 0) is 23.6 Å². The predicted molar refractivity (Wildman–Crippen MR) is 91.1 cm³/mol. The Morgan fingerprint density at radius 2 is 1.91 bits per heavy atom. The van der Waals surface area contributed by atoms with Crippen molar-refractivity contribution >= 4 is 11.5 Å². The van der Waals surface area contributed by atoms with Crippen LogP contribution in [0.2, 0.25) is 0 Å². The van der Waals surface area contributed by atoms with Gasteiger partial charge in [0.05, 0.1) is 0 Å². The molecule has 2 heteroatoms. The van der Waals surface area contributed by atoms with E-state index in [2.05, 4.69) is 55.5 Å². The molecule has 0 N–H and O–H groups in total. The highest BCUT2D eigenvalue weighted by molar-refractivity contribution is 6.01. The van der Waals surface area contributed by atoms with Gasteiger partial charge in [0.1, 0.15) is 5.78 Å². The highest BCUT2D eigenvalue weighted by Gasteiger charge is 2.20. The van der Waals surface area contributed by atoms with Gasteiger partial charge in [0, 0.05) is 36.6 Å². The lowest BCUT2D eigenvalue weighted by molar-refractivity contribution is -0.118. The van der Waals surface area contributed by atoms with Crippen molar-refractivity contribution in [1.29, 1.82) is 0 Å². The normalized spacial score (nSPS) is 19.4. The number of ketones is 1. The average Bonchev–Trinajstić information content (AvgIpc) is 2.98. The van der Waals surface area contributed by atoms with Crippen molar-refractivity contribution in [1.82, 2.24) is 0 Å².